The third-order valence-electron chi connectivity index (χ3n) is 1.97. The molecule has 8 heteroatoms. The van der Waals surface area contributed by atoms with Gasteiger partial charge in [-0.15, -0.1) is 0 Å². The minimum atomic E-state index is -3.62. The Bertz CT molecular complexity index is 398. The lowest BCUT2D eigenvalue weighted by Crippen LogP contribution is -2.41. The van der Waals surface area contributed by atoms with Gasteiger partial charge >= 0.3 is 0 Å². The molecule has 0 spiro atoms. The summed E-state index contributed by atoms with van der Waals surface area (Å²) in [6, 6.07) is -0.295. The van der Waals surface area contributed by atoms with Gasteiger partial charge < -0.3 is 5.11 Å². The number of hydrogen-bond donors (Lipinski definition) is 1. The van der Waals surface area contributed by atoms with Crippen LogP contribution in [0.15, 0.2) is 0 Å². The quantitative estimate of drug-likeness (QED) is 0.646. The first-order valence-electron chi connectivity index (χ1n) is 4.88. The smallest absolute Gasteiger partial charge is 0.215 e. The first-order valence-corrected chi connectivity index (χ1v) is 8.55. The van der Waals surface area contributed by atoms with E-state index in [2.05, 4.69) is 0 Å². The first kappa shape index (κ1) is 15.8. The minimum Gasteiger partial charge on any atom is -0.395 e. The van der Waals surface area contributed by atoms with Crippen molar-refractivity contribution in [3.8, 4) is 0 Å². The zero-order chi connectivity index (χ0) is 13.0. The molecule has 0 amide bonds. The molecular formula is C8H19NO5S2. The fraction of sp³-hybridized carbons (Fsp3) is 1.00. The summed E-state index contributed by atoms with van der Waals surface area (Å²) in [5.41, 5.74) is 0. The van der Waals surface area contributed by atoms with Crippen molar-refractivity contribution < 1.29 is 21.9 Å². The highest BCUT2D eigenvalue weighted by molar-refractivity contribution is 7.93. The van der Waals surface area contributed by atoms with Crippen LogP contribution in [-0.4, -0.2) is 63.2 Å². The van der Waals surface area contributed by atoms with Crippen LogP contribution in [0.25, 0.3) is 0 Å². The molecule has 0 aliphatic heterocycles. The maximum Gasteiger partial charge on any atom is 0.215 e. The highest BCUT2D eigenvalue weighted by atomic mass is 32.2. The average molecular weight is 273 g/mol. The summed E-state index contributed by atoms with van der Waals surface area (Å²) >= 11 is 0. The van der Waals surface area contributed by atoms with Gasteiger partial charge in [0.25, 0.3) is 0 Å². The van der Waals surface area contributed by atoms with E-state index >= 15 is 0 Å². The van der Waals surface area contributed by atoms with Crippen molar-refractivity contribution in [1.82, 2.24) is 4.31 Å². The van der Waals surface area contributed by atoms with Gasteiger partial charge in [-0.05, 0) is 13.8 Å². The van der Waals surface area contributed by atoms with Crippen molar-refractivity contribution in [3.63, 3.8) is 0 Å². The van der Waals surface area contributed by atoms with E-state index in [0.717, 1.165) is 10.6 Å². The molecule has 0 heterocycles. The Labute approximate surface area is 97.2 Å². The summed E-state index contributed by atoms with van der Waals surface area (Å²) in [4.78, 5) is 0. The van der Waals surface area contributed by atoms with Crippen LogP contribution < -0.4 is 0 Å². The Morgan fingerprint density at radius 1 is 1.12 bits per heavy atom. The summed E-state index contributed by atoms with van der Waals surface area (Å²) in [6.07, 6.45) is 0.994. The van der Waals surface area contributed by atoms with Crippen LogP contribution >= 0.6 is 0 Å². The first-order chi connectivity index (χ1) is 7.10. The summed E-state index contributed by atoms with van der Waals surface area (Å²) in [5.74, 6) is -0.839. The van der Waals surface area contributed by atoms with Gasteiger partial charge in [-0.3, -0.25) is 0 Å². The summed E-state index contributed by atoms with van der Waals surface area (Å²) < 4.78 is 46.4. The number of nitrogens with zero attached hydrogens (tertiary/aromatic N) is 1. The van der Waals surface area contributed by atoms with Gasteiger partial charge in [0.15, 0.2) is 0 Å². The molecule has 0 atom stereocenters. The van der Waals surface area contributed by atoms with Crippen LogP contribution in [0.2, 0.25) is 0 Å². The third kappa shape index (κ3) is 5.78. The van der Waals surface area contributed by atoms with Gasteiger partial charge in [-0.2, -0.15) is 4.31 Å². The molecule has 6 nitrogen and oxygen atoms in total. The second-order valence-corrected chi connectivity index (χ2v) is 8.17. The number of aliphatic hydroxyl groups excluding tert-OH is 1. The van der Waals surface area contributed by atoms with Gasteiger partial charge in [0, 0.05) is 18.8 Å². The number of hydrogen-bond acceptors (Lipinski definition) is 5. The molecule has 0 fully saturated rings. The predicted octanol–water partition coefficient (Wildman–Crippen LogP) is -0.936. The Morgan fingerprint density at radius 2 is 1.62 bits per heavy atom. The summed E-state index contributed by atoms with van der Waals surface area (Å²) in [5, 5.41) is 8.75. The van der Waals surface area contributed by atoms with E-state index < -0.39 is 31.4 Å². The van der Waals surface area contributed by atoms with Crippen LogP contribution in [0.5, 0.6) is 0 Å². The second-order valence-electron chi connectivity index (χ2n) is 3.87. The molecule has 1 N–H and O–H groups in total. The fourth-order valence-electron chi connectivity index (χ4n) is 1.19. The molecule has 0 radical (unpaired) electrons. The van der Waals surface area contributed by atoms with Crippen LogP contribution in [-0.2, 0) is 19.9 Å². The van der Waals surface area contributed by atoms with E-state index in [0.29, 0.717) is 0 Å². The Balaban J connectivity index is 4.74. The van der Waals surface area contributed by atoms with Crippen LogP contribution in [0.1, 0.15) is 13.8 Å². The Hall–Kier alpha value is -0.180. The molecule has 0 aromatic rings. The normalized spacial score (nSPS) is 13.6. The molecule has 0 aliphatic rings. The number of aliphatic hydroxyl groups is 1. The van der Waals surface area contributed by atoms with E-state index in [9.17, 15) is 16.8 Å². The number of rotatable bonds is 7. The summed E-state index contributed by atoms with van der Waals surface area (Å²) in [7, 11) is -6.92. The van der Waals surface area contributed by atoms with Crippen molar-refractivity contribution in [1.29, 1.82) is 0 Å². The van der Waals surface area contributed by atoms with Gasteiger partial charge in [-0.1, -0.05) is 0 Å². The molecule has 0 aromatic heterocycles. The van der Waals surface area contributed by atoms with E-state index in [1.165, 1.54) is 0 Å². The second kappa shape index (κ2) is 5.95. The van der Waals surface area contributed by atoms with E-state index in [-0.39, 0.29) is 19.2 Å². The number of sulfonamides is 1. The highest BCUT2D eigenvalue weighted by Gasteiger charge is 2.25. The van der Waals surface area contributed by atoms with Crippen molar-refractivity contribution in [3.05, 3.63) is 0 Å². The topological polar surface area (TPSA) is 91.8 Å². The predicted molar refractivity (Wildman–Crippen MR) is 62.4 cm³/mol. The van der Waals surface area contributed by atoms with Crippen molar-refractivity contribution in [2.75, 3.05) is 30.9 Å². The molecule has 16 heavy (non-hydrogen) atoms. The van der Waals surface area contributed by atoms with Crippen molar-refractivity contribution >= 4 is 19.9 Å². The standard InChI is InChI=1S/C8H19NO5S2/c1-8(2)9(4-5-10)16(13,14)7-6-15(3,11)12/h8,10H,4-7H2,1-3H3. The van der Waals surface area contributed by atoms with Gasteiger partial charge in [0.2, 0.25) is 10.0 Å². The molecule has 0 aromatic carbocycles. The van der Waals surface area contributed by atoms with E-state index in [1.807, 2.05) is 0 Å². The zero-order valence-corrected chi connectivity index (χ0v) is 11.4. The van der Waals surface area contributed by atoms with E-state index in [1.54, 1.807) is 13.8 Å². The molecule has 0 unspecified atom stereocenters. The third-order valence-corrected chi connectivity index (χ3v) is 5.21. The molecule has 98 valence electrons. The van der Waals surface area contributed by atoms with Crippen molar-refractivity contribution in [2.45, 2.75) is 19.9 Å². The molecule has 0 saturated heterocycles. The van der Waals surface area contributed by atoms with Crippen LogP contribution in [0.4, 0.5) is 0 Å². The minimum absolute atomic E-state index is 0.0102. The highest BCUT2D eigenvalue weighted by Crippen LogP contribution is 2.07. The molecule has 0 aliphatic carbocycles. The zero-order valence-electron chi connectivity index (χ0n) is 9.75. The maximum atomic E-state index is 11.8. The number of sulfone groups is 1. The van der Waals surface area contributed by atoms with Crippen molar-refractivity contribution in [2.24, 2.45) is 0 Å². The molecule has 0 rings (SSSR count). The van der Waals surface area contributed by atoms with Crippen LogP contribution in [0.3, 0.4) is 0 Å². The lowest BCUT2D eigenvalue weighted by atomic mass is 10.4. The SMILES string of the molecule is CC(C)N(CCO)S(=O)(=O)CCS(C)(=O)=O. The van der Waals surface area contributed by atoms with E-state index in [4.69, 9.17) is 5.11 Å². The Morgan fingerprint density at radius 3 is 1.94 bits per heavy atom. The average Bonchev–Trinajstić information content (AvgIpc) is 2.09. The fourth-order valence-corrected chi connectivity index (χ4v) is 4.48. The lowest BCUT2D eigenvalue weighted by Gasteiger charge is -2.24. The lowest BCUT2D eigenvalue weighted by molar-refractivity contribution is 0.237. The summed E-state index contributed by atoms with van der Waals surface area (Å²) in [6.45, 7) is 3.06. The van der Waals surface area contributed by atoms with Gasteiger partial charge in [0.05, 0.1) is 18.1 Å². The molecular weight excluding hydrogens is 254 g/mol. The van der Waals surface area contributed by atoms with Gasteiger partial charge in [-0.25, -0.2) is 16.8 Å². The maximum absolute atomic E-state index is 11.8. The monoisotopic (exact) mass is 273 g/mol. The Kier molecular flexibility index (Phi) is 5.88. The molecule has 0 saturated carbocycles. The largest absolute Gasteiger partial charge is 0.395 e. The molecule has 0 bridgehead atoms. The van der Waals surface area contributed by atoms with Crippen LogP contribution in [0, 0.1) is 0 Å². The van der Waals surface area contributed by atoms with Gasteiger partial charge in [0.1, 0.15) is 9.84 Å².